The quantitative estimate of drug-likeness (QED) is 0.0369. The standard InChI is InChI=1S/C61H85NO9/c1-42(2)15-14-16-43(3)53-30-31-54-52-29-24-47-41-51(34-37-59(47,4)55(52)35-38-60(53,54)5)71-58(66)62-39-13-9-12-19-50(70-57(65)33-32-56(63)64)36-40-69-61(44-17-10-8-11-18-44,45-20-25-48(67-6)26-21-45)46-22-27-49(68-7)28-23-46/h8,10-11,17-18,20-28,42-43,50-55H,9,12-16,19,29-41H2,1-7H3,(H,62,66)(H,63,64)/t43-,50?,51?,52?,53-,54?,55?,59+,60-/m1/s1. The molecule has 4 aliphatic carbocycles. The summed E-state index contributed by atoms with van der Waals surface area (Å²) >= 11 is 0. The lowest BCUT2D eigenvalue weighted by molar-refractivity contribution is -0.153. The van der Waals surface area contributed by atoms with Crippen LogP contribution in [0.4, 0.5) is 4.79 Å². The first-order valence-electron chi connectivity index (χ1n) is 27.2. The highest BCUT2D eigenvalue weighted by atomic mass is 16.6. The summed E-state index contributed by atoms with van der Waals surface area (Å²) in [6, 6.07) is 25.7. The molecule has 3 saturated carbocycles. The Labute approximate surface area is 425 Å². The molecular weight excluding hydrogens is 891 g/mol. The van der Waals surface area contributed by atoms with Gasteiger partial charge in [0.2, 0.25) is 0 Å². The fourth-order valence-electron chi connectivity index (χ4n) is 13.9. The van der Waals surface area contributed by atoms with E-state index in [0.29, 0.717) is 24.8 Å². The summed E-state index contributed by atoms with van der Waals surface area (Å²) in [6.45, 7) is 13.2. The van der Waals surface area contributed by atoms with E-state index in [4.69, 9.17) is 23.7 Å². The normalized spacial score (nSPS) is 25.7. The number of fused-ring (bicyclic) bond motifs is 5. The van der Waals surface area contributed by atoms with E-state index in [9.17, 15) is 19.5 Å². The lowest BCUT2D eigenvalue weighted by atomic mass is 9.47. The highest BCUT2D eigenvalue weighted by Crippen LogP contribution is 2.67. The van der Waals surface area contributed by atoms with Gasteiger partial charge in [-0.05, 0) is 152 Å². The van der Waals surface area contributed by atoms with E-state index in [1.165, 1.54) is 56.9 Å². The van der Waals surface area contributed by atoms with Crippen LogP contribution in [-0.2, 0) is 29.4 Å². The van der Waals surface area contributed by atoms with Gasteiger partial charge >= 0.3 is 18.0 Å². The number of benzene rings is 3. The van der Waals surface area contributed by atoms with Crippen LogP contribution >= 0.6 is 0 Å². The molecule has 0 bridgehead atoms. The lowest BCUT2D eigenvalue weighted by Crippen LogP contribution is -2.51. The second kappa shape index (κ2) is 24.7. The number of carbonyl (C=O) groups is 3. The van der Waals surface area contributed by atoms with Crippen LogP contribution in [-0.4, -0.2) is 62.7 Å². The molecule has 0 spiro atoms. The number of unbranched alkanes of at least 4 members (excludes halogenated alkanes) is 2. The van der Waals surface area contributed by atoms with Gasteiger partial charge in [0.15, 0.2) is 0 Å². The molecule has 7 rings (SSSR count). The van der Waals surface area contributed by atoms with Crippen molar-refractivity contribution in [3.05, 3.63) is 107 Å². The number of carboxylic acids is 1. The van der Waals surface area contributed by atoms with Crippen molar-refractivity contribution in [2.45, 2.75) is 168 Å². The Bertz CT molecular complexity index is 2160. The Balaban J connectivity index is 0.906. The maximum absolute atomic E-state index is 13.2. The van der Waals surface area contributed by atoms with Crippen molar-refractivity contribution in [2.24, 2.45) is 46.3 Å². The fraction of sp³-hybridized carbons (Fsp3) is 0.623. The smallest absolute Gasteiger partial charge is 0.407 e. The van der Waals surface area contributed by atoms with Crippen molar-refractivity contribution in [3.8, 4) is 11.5 Å². The molecule has 10 heteroatoms. The van der Waals surface area contributed by atoms with E-state index in [0.717, 1.165) is 102 Å². The molecule has 10 nitrogen and oxygen atoms in total. The Morgan fingerprint density at radius 3 is 2.06 bits per heavy atom. The van der Waals surface area contributed by atoms with E-state index in [1.807, 2.05) is 78.9 Å². The van der Waals surface area contributed by atoms with Crippen molar-refractivity contribution < 1.29 is 43.2 Å². The third-order valence-electron chi connectivity index (χ3n) is 17.8. The fourth-order valence-corrected chi connectivity index (χ4v) is 13.9. The maximum atomic E-state index is 13.2. The minimum absolute atomic E-state index is 0.101. The molecule has 3 fully saturated rings. The summed E-state index contributed by atoms with van der Waals surface area (Å²) in [5, 5.41) is 12.3. The molecule has 3 aromatic rings. The van der Waals surface area contributed by atoms with Crippen LogP contribution in [0.15, 0.2) is 90.5 Å². The van der Waals surface area contributed by atoms with Crippen LogP contribution in [0, 0.1) is 46.3 Å². The molecule has 388 valence electrons. The summed E-state index contributed by atoms with van der Waals surface area (Å²) in [4.78, 5) is 37.4. The molecule has 2 N–H and O–H groups in total. The number of nitrogens with one attached hydrogen (secondary N) is 1. The average Bonchev–Trinajstić information content (AvgIpc) is 3.73. The molecule has 4 aliphatic rings. The van der Waals surface area contributed by atoms with E-state index < -0.39 is 23.6 Å². The van der Waals surface area contributed by atoms with Gasteiger partial charge < -0.3 is 34.1 Å². The topological polar surface area (TPSA) is 130 Å². The van der Waals surface area contributed by atoms with Gasteiger partial charge in [0.25, 0.3) is 0 Å². The summed E-state index contributed by atoms with van der Waals surface area (Å²) in [7, 11) is 3.27. The van der Waals surface area contributed by atoms with E-state index in [-0.39, 0.29) is 37.1 Å². The number of hydrogen-bond donors (Lipinski definition) is 2. The number of aliphatic carboxylic acids is 1. The Morgan fingerprint density at radius 2 is 1.41 bits per heavy atom. The zero-order chi connectivity index (χ0) is 50.6. The summed E-state index contributed by atoms with van der Waals surface area (Å²) in [6.07, 6.45) is 17.9. The van der Waals surface area contributed by atoms with Gasteiger partial charge in [-0.3, -0.25) is 9.59 Å². The number of carbonyl (C=O) groups excluding carboxylic acids is 2. The minimum atomic E-state index is -1.05. The molecule has 0 aromatic heterocycles. The molecule has 0 saturated heterocycles. The first kappa shape index (κ1) is 54.0. The largest absolute Gasteiger partial charge is 0.497 e. The third kappa shape index (κ3) is 12.9. The number of carboxylic acid groups (broad SMARTS) is 1. The van der Waals surface area contributed by atoms with Gasteiger partial charge in [-0.15, -0.1) is 0 Å². The molecular formula is C61H85NO9. The Morgan fingerprint density at radius 1 is 0.732 bits per heavy atom. The van der Waals surface area contributed by atoms with E-state index in [1.54, 1.807) is 14.2 Å². The highest BCUT2D eigenvalue weighted by molar-refractivity contribution is 5.76. The number of alkyl carbamates (subject to hydrolysis) is 1. The van der Waals surface area contributed by atoms with E-state index in [2.05, 4.69) is 46.0 Å². The second-order valence-corrected chi connectivity index (χ2v) is 22.5. The zero-order valence-electron chi connectivity index (χ0n) is 44.1. The van der Waals surface area contributed by atoms with Gasteiger partial charge in [0, 0.05) is 19.4 Å². The maximum Gasteiger partial charge on any atom is 0.407 e. The number of allylic oxidation sites excluding steroid dienone is 1. The van der Waals surface area contributed by atoms with Crippen molar-refractivity contribution in [2.75, 3.05) is 27.4 Å². The first-order chi connectivity index (χ1) is 34.2. The van der Waals surface area contributed by atoms with Gasteiger partial charge in [0.1, 0.15) is 29.3 Å². The van der Waals surface area contributed by atoms with Gasteiger partial charge in [-0.1, -0.05) is 127 Å². The number of rotatable bonds is 25. The van der Waals surface area contributed by atoms with Crippen molar-refractivity contribution in [3.63, 3.8) is 0 Å². The molecule has 5 unspecified atom stereocenters. The van der Waals surface area contributed by atoms with Crippen LogP contribution in [0.3, 0.4) is 0 Å². The zero-order valence-corrected chi connectivity index (χ0v) is 44.1. The van der Waals surface area contributed by atoms with Crippen LogP contribution in [0.5, 0.6) is 11.5 Å². The van der Waals surface area contributed by atoms with Crippen LogP contribution in [0.1, 0.15) is 167 Å². The molecule has 0 heterocycles. The summed E-state index contributed by atoms with van der Waals surface area (Å²) in [5.74, 6) is 4.64. The summed E-state index contributed by atoms with van der Waals surface area (Å²) < 4.78 is 30.1. The summed E-state index contributed by atoms with van der Waals surface area (Å²) in [5.41, 5.74) is 3.87. The molecule has 0 aliphatic heterocycles. The molecule has 9 atom stereocenters. The molecule has 1 amide bonds. The second-order valence-electron chi connectivity index (χ2n) is 22.5. The predicted molar refractivity (Wildman–Crippen MR) is 279 cm³/mol. The van der Waals surface area contributed by atoms with Crippen LogP contribution in [0.25, 0.3) is 0 Å². The Kier molecular flexibility index (Phi) is 18.8. The Hall–Kier alpha value is -4.83. The van der Waals surface area contributed by atoms with Crippen LogP contribution < -0.4 is 14.8 Å². The molecule has 3 aromatic carbocycles. The van der Waals surface area contributed by atoms with E-state index >= 15 is 0 Å². The highest BCUT2D eigenvalue weighted by Gasteiger charge is 2.59. The number of ether oxygens (including phenoxy) is 5. The number of esters is 1. The monoisotopic (exact) mass is 976 g/mol. The van der Waals surface area contributed by atoms with Gasteiger partial charge in [0.05, 0.1) is 33.7 Å². The van der Waals surface area contributed by atoms with Gasteiger partial charge in [-0.2, -0.15) is 0 Å². The van der Waals surface area contributed by atoms with Gasteiger partial charge in [-0.25, -0.2) is 4.79 Å². The SMILES string of the molecule is COc1ccc(C(OCCC(CCCCCNC(=O)OC2CC[C@@]3(C)C(=CCC4C3CC[C@@]3(C)C4CC[C@@H]3[C@H](C)CCCC(C)C)C2)OC(=O)CCC(=O)O)(c2ccccc2)c2ccc(OC)cc2)cc1. The average molecular weight is 976 g/mol. The van der Waals surface area contributed by atoms with Crippen LogP contribution in [0.2, 0.25) is 0 Å². The van der Waals surface area contributed by atoms with Crippen molar-refractivity contribution in [1.82, 2.24) is 5.32 Å². The van der Waals surface area contributed by atoms with Crippen molar-refractivity contribution >= 4 is 18.0 Å². The third-order valence-corrected chi connectivity index (χ3v) is 17.8. The van der Waals surface area contributed by atoms with Crippen molar-refractivity contribution in [1.29, 1.82) is 0 Å². The predicted octanol–water partition coefficient (Wildman–Crippen LogP) is 13.9. The molecule has 71 heavy (non-hydrogen) atoms. The minimum Gasteiger partial charge on any atom is -0.497 e. The lowest BCUT2D eigenvalue weighted by Gasteiger charge is -2.58. The number of hydrogen-bond acceptors (Lipinski definition) is 8. The number of methoxy groups -OCH3 is 2. The number of amides is 1. The molecule has 0 radical (unpaired) electrons. The first-order valence-corrected chi connectivity index (χ1v) is 27.2.